The number of aryl methyl sites for hydroxylation is 3. The number of amides is 3. The summed E-state index contributed by atoms with van der Waals surface area (Å²) in [6.07, 6.45) is -7.76. The van der Waals surface area contributed by atoms with E-state index in [-0.39, 0.29) is 83.0 Å². The van der Waals surface area contributed by atoms with E-state index in [1.807, 2.05) is 0 Å². The Morgan fingerprint density at radius 2 is 0.972 bits per heavy atom. The molecule has 3 amide bonds. The first-order valence-corrected chi connectivity index (χ1v) is 20.5. The lowest BCUT2D eigenvalue weighted by molar-refractivity contribution is -0.131. The van der Waals surface area contributed by atoms with E-state index in [4.69, 9.17) is 74.5 Å². The molecule has 0 aromatic carbocycles. The Morgan fingerprint density at radius 3 is 1.35 bits per heavy atom. The van der Waals surface area contributed by atoms with Crippen molar-refractivity contribution in [2.75, 3.05) is 94.1 Å². The summed E-state index contributed by atoms with van der Waals surface area (Å²) in [5.41, 5.74) is 0.595. The van der Waals surface area contributed by atoms with Gasteiger partial charge in [-0.15, -0.1) is 0 Å². The number of piperidine rings is 3. The van der Waals surface area contributed by atoms with Crippen LogP contribution >= 0.6 is 0 Å². The van der Waals surface area contributed by atoms with Crippen molar-refractivity contribution in [1.82, 2.24) is 59.6 Å². The van der Waals surface area contributed by atoms with E-state index in [1.54, 1.807) is 0 Å². The van der Waals surface area contributed by atoms with Gasteiger partial charge in [-0.1, -0.05) is 20.7 Å². The van der Waals surface area contributed by atoms with Crippen molar-refractivity contribution in [2.45, 2.75) is 78.7 Å². The van der Waals surface area contributed by atoms with E-state index >= 15 is 0 Å². The number of nitrogens with zero attached hydrogens (tertiary/aromatic N) is 15. The average Bonchev–Trinajstić information content (AvgIpc) is 0.711. The summed E-state index contributed by atoms with van der Waals surface area (Å²) in [7, 11) is 0. The summed E-state index contributed by atoms with van der Waals surface area (Å²) < 4.78 is 330. The molecule has 6 aromatic rings. The van der Waals surface area contributed by atoms with Gasteiger partial charge in [0.15, 0.2) is 0 Å². The molecular formula is C51H66N18O3. The van der Waals surface area contributed by atoms with E-state index in [9.17, 15) is 14.4 Å². The summed E-state index contributed by atoms with van der Waals surface area (Å²) in [5.74, 6) is -15.7. The third kappa shape index (κ3) is 11.5. The highest BCUT2D eigenvalue weighted by atomic mass is 16.2. The lowest BCUT2D eigenvalue weighted by atomic mass is 9.92. The van der Waals surface area contributed by atoms with Crippen molar-refractivity contribution >= 4 is 68.3 Å². The molecule has 0 unspecified atom stereocenters. The predicted octanol–water partition coefficient (Wildman–Crippen LogP) is 5.58. The first kappa shape index (κ1) is 21.1. The van der Waals surface area contributed by atoms with Gasteiger partial charge in [0.25, 0.3) is 19.5 Å². The van der Waals surface area contributed by atoms with Crippen LogP contribution in [-0.4, -0.2) is 175 Å². The molecule has 6 atom stereocenters. The molecule has 3 N–H and O–H groups in total. The number of hydrogen-bond acceptors (Lipinski definition) is 12. The third-order valence-electron chi connectivity index (χ3n) is 9.97. The molecule has 9 heterocycles. The van der Waals surface area contributed by atoms with Crippen molar-refractivity contribution in [3.05, 3.63) is 88.4 Å². The maximum absolute atomic E-state index is 13.1. The molecule has 3 fully saturated rings. The largest absolute Gasteiger partial charge is 0.354 e. The van der Waals surface area contributed by atoms with Crippen LogP contribution in [0, 0.1) is 58.2 Å². The van der Waals surface area contributed by atoms with Gasteiger partial charge < -0.3 is 58.9 Å². The molecule has 9 rings (SSSR count). The fourth-order valence-corrected chi connectivity index (χ4v) is 6.68. The van der Waals surface area contributed by atoms with Gasteiger partial charge in [0.2, 0.25) is 0 Å². The van der Waals surface area contributed by atoms with E-state index in [2.05, 4.69) is 59.4 Å². The van der Waals surface area contributed by atoms with Crippen molar-refractivity contribution in [2.24, 2.45) is 17.7 Å². The topological polar surface area (TPSA) is 208 Å². The van der Waals surface area contributed by atoms with Gasteiger partial charge in [0, 0.05) is 111 Å². The SMILES string of the molecule is [2H]c1c(C)[nH]c2ncnc(N([C@@H]3[C@H](C([2H])([2H])[2H])C([2H])([2H])C([2H])([2H])N(C(=O)C([2H])([2H])[N+]#[C-])C3([2H])[2H])C([2H])([2H])[2H])c12.[2H]c1c(C)[nH]c2ncnc(N([C@@H]3[C@H](C)C([2H])([2H])C([2H])([2H])N(C(=O)C([2H])([2H])[N+]#[C-])C3([2H])[2H])C([2H])([2H])[2H])c12.[2H]c1c(C)[nH]c2ncnc(N([C@H]3C([2H])([2H])N(C(=O)C([2H])([2H])[N+]#[C-])C([2H])([2H])C([2H])([2H])[C@@]3([2H])C)C([2H])([2H])[2H])c12. The number of nitrogens with one attached hydrogen (secondary N) is 3. The van der Waals surface area contributed by atoms with Crippen LogP contribution in [0.15, 0.2) is 37.1 Å². The van der Waals surface area contributed by atoms with Gasteiger partial charge in [0.05, 0.1) is 46.6 Å². The van der Waals surface area contributed by atoms with E-state index in [1.165, 1.54) is 20.8 Å². The van der Waals surface area contributed by atoms with Gasteiger partial charge in [0.1, 0.15) is 61.6 Å². The van der Waals surface area contributed by atoms with Gasteiger partial charge >= 0.3 is 17.7 Å². The highest BCUT2D eigenvalue weighted by Gasteiger charge is 2.36. The summed E-state index contributed by atoms with van der Waals surface area (Å²) in [6.45, 7) is -19.2. The number of carbonyl (C=O) groups excluding carboxylic acids is 3. The number of carbonyl (C=O) groups is 3. The number of rotatable bonds is 9. The van der Waals surface area contributed by atoms with Gasteiger partial charge in [-0.2, -0.15) is 0 Å². The summed E-state index contributed by atoms with van der Waals surface area (Å²) in [6, 6.07) is -8.37. The standard InChI is InChI=1S/3C17H22N6O/c3*1-11-5-6-23(15(24)8-18-3)9-14(11)22(4)17-13-7-12(2)21-16(13)19-10-20-17/h3*7,10-11,14H,5-6,8-9H2,1-2,4H3,(H,19,20,21)/t3*11-,14+/m111/s1/i4D3,5D2,6D2,7D,8D2,9D2,11D;1D3,4D3,5D2,6D2,7D,8D2,9D2;4D3,5D2,6D2,7D,8D2,9D2. The van der Waals surface area contributed by atoms with Crippen molar-refractivity contribution in [3.8, 4) is 0 Å². The highest BCUT2D eigenvalue weighted by molar-refractivity contribution is 5.90. The van der Waals surface area contributed by atoms with Crippen LogP contribution in [0.1, 0.15) is 112 Å². The molecule has 378 valence electrons. The number of likely N-dealkylation sites (tertiary alicyclic amines) is 3. The maximum atomic E-state index is 13.1. The van der Waals surface area contributed by atoms with E-state index < -0.39 is 186 Å². The van der Waals surface area contributed by atoms with Crippen molar-refractivity contribution in [1.29, 1.82) is 0 Å². The Hall–Kier alpha value is -7.86. The number of aromatic nitrogens is 9. The molecule has 3 aliphatic rings. The molecule has 0 aliphatic carbocycles. The van der Waals surface area contributed by atoms with Crippen molar-refractivity contribution in [3.63, 3.8) is 0 Å². The quantitative estimate of drug-likeness (QED) is 0.152. The second-order valence-electron chi connectivity index (χ2n) is 15.0. The van der Waals surface area contributed by atoms with Crippen LogP contribution < -0.4 is 14.7 Å². The minimum absolute atomic E-state index is 0.0274. The monoisotopic (exact) mass is 1020 g/mol. The van der Waals surface area contributed by atoms with Crippen LogP contribution in [0.3, 0.4) is 0 Å². The van der Waals surface area contributed by atoms with Crippen molar-refractivity contribution < 1.29 is 69.2 Å². The first-order valence-electron chi connectivity index (χ1n) is 40.5. The molecule has 72 heavy (non-hydrogen) atoms. The number of hydrogen-bond donors (Lipinski definition) is 3. The van der Waals surface area contributed by atoms with Crippen LogP contribution in [0.5, 0.6) is 0 Å². The lowest BCUT2D eigenvalue weighted by Crippen LogP contribution is -2.53. The molecule has 21 nitrogen and oxygen atoms in total. The molecule has 0 saturated carbocycles. The van der Waals surface area contributed by atoms with Crippen LogP contribution in [-0.2, 0) is 14.4 Å². The second-order valence-corrected chi connectivity index (χ2v) is 15.0. The second kappa shape index (κ2) is 22.9. The molecule has 3 aliphatic heterocycles. The molecule has 0 spiro atoms. The lowest BCUT2D eigenvalue weighted by Gasteiger charge is -2.41. The molecule has 6 aromatic heterocycles. The Balaban J connectivity index is 0.000000233. The molecule has 0 radical (unpaired) electrons. The average molecular weight is 1020 g/mol. The number of H-pyrrole nitrogens is 3. The Labute approximate surface area is 477 Å². The molecule has 0 bridgehead atoms. The fourth-order valence-electron chi connectivity index (χ4n) is 6.68. The Kier molecular flexibility index (Phi) is 6.71. The zero-order valence-electron chi connectivity index (χ0n) is 78.1. The normalized spacial score (nSPS) is 37.6. The zero-order valence-corrected chi connectivity index (χ0v) is 38.1. The number of aromatic amines is 3. The minimum Gasteiger partial charge on any atom is -0.354 e. The van der Waals surface area contributed by atoms with E-state index in [0.717, 1.165) is 32.8 Å². The molecule has 3 saturated heterocycles. The fraction of sp³-hybridized carbons (Fsp3) is 0.529. The third-order valence-corrected chi connectivity index (χ3v) is 9.97. The highest BCUT2D eigenvalue weighted by Crippen LogP contribution is 2.32. The number of anilines is 3. The summed E-state index contributed by atoms with van der Waals surface area (Å²) >= 11 is 0. The van der Waals surface area contributed by atoms with Crippen LogP contribution in [0.25, 0.3) is 47.6 Å². The summed E-state index contributed by atoms with van der Waals surface area (Å²) in [5, 5.41) is -0.654. The van der Waals surface area contributed by atoms with Crippen LogP contribution in [0.2, 0.25) is 0 Å². The summed E-state index contributed by atoms with van der Waals surface area (Å²) in [4.78, 5) is 77.4. The Bertz CT molecular complexity index is 4830. The Morgan fingerprint density at radius 1 is 0.625 bits per heavy atom. The molecule has 21 heteroatoms. The smallest absolute Gasteiger partial charge is 0.302 e. The first-order chi connectivity index (χ1) is 50.0. The van der Waals surface area contributed by atoms with E-state index in [0.29, 0.717) is 4.90 Å². The van der Waals surface area contributed by atoms with Gasteiger partial charge in [-0.25, -0.2) is 49.6 Å². The number of likely N-dealkylation sites (N-methyl/N-ethyl adjacent to an activating group) is 3. The predicted molar refractivity (Wildman–Crippen MR) is 278 cm³/mol. The zero-order chi connectivity index (χ0) is 86.8. The molecular weight excluding hydrogens is 913 g/mol. The van der Waals surface area contributed by atoms with Gasteiger partial charge in [-0.05, 0) is 75.7 Å². The minimum atomic E-state index is -3.89. The van der Waals surface area contributed by atoms with Crippen LogP contribution in [0.4, 0.5) is 17.5 Å². The van der Waals surface area contributed by atoms with Gasteiger partial charge in [-0.3, -0.25) is 14.4 Å². The maximum Gasteiger partial charge on any atom is 0.302 e. The number of fused-ring (bicyclic) bond motifs is 3.